The van der Waals surface area contributed by atoms with Crippen molar-refractivity contribution >= 4 is 17.5 Å². The maximum atomic E-state index is 13.1. The minimum absolute atomic E-state index is 0.0276. The highest BCUT2D eigenvalue weighted by Crippen LogP contribution is 2.26. The van der Waals surface area contributed by atoms with Crippen molar-refractivity contribution in [2.45, 2.75) is 18.9 Å². The zero-order valence-corrected chi connectivity index (χ0v) is 18.9. The van der Waals surface area contributed by atoms with Gasteiger partial charge >= 0.3 is 0 Å². The Hall–Kier alpha value is -2.82. The third-order valence-corrected chi connectivity index (χ3v) is 6.25. The van der Waals surface area contributed by atoms with Crippen molar-refractivity contribution in [2.75, 3.05) is 26.2 Å². The standard InChI is InChI=1S/C27H29ClN2O2/c28-24-13-11-22(12-14-24)26(21-7-3-1-4-8-21)29-27(31)23-15-17-30(18-16-23)19-20-32-25-9-5-2-6-10-25/h1-14,23,26H,15-20H2,(H,29,31)/t26-/m1/s1. The van der Waals surface area contributed by atoms with Crippen LogP contribution in [0.25, 0.3) is 0 Å². The first kappa shape index (κ1) is 22.4. The molecule has 0 unspecified atom stereocenters. The SMILES string of the molecule is O=C(N[C@H](c1ccccc1)c1ccc(Cl)cc1)C1CCN(CCOc2ccccc2)CC1. The van der Waals surface area contributed by atoms with Crippen LogP contribution in [0, 0.1) is 5.92 Å². The maximum absolute atomic E-state index is 13.1. The highest BCUT2D eigenvalue weighted by molar-refractivity contribution is 6.30. The molecular formula is C27H29ClN2O2. The monoisotopic (exact) mass is 448 g/mol. The summed E-state index contributed by atoms with van der Waals surface area (Å²) in [4.78, 5) is 15.5. The second-order valence-electron chi connectivity index (χ2n) is 8.18. The number of carbonyl (C=O) groups is 1. The molecule has 32 heavy (non-hydrogen) atoms. The number of likely N-dealkylation sites (tertiary alicyclic amines) is 1. The fourth-order valence-corrected chi connectivity index (χ4v) is 4.27. The molecular weight excluding hydrogens is 420 g/mol. The number of nitrogens with zero attached hydrogens (tertiary/aromatic N) is 1. The molecule has 0 radical (unpaired) electrons. The molecule has 4 rings (SSSR count). The van der Waals surface area contributed by atoms with Crippen molar-refractivity contribution < 1.29 is 9.53 Å². The largest absolute Gasteiger partial charge is 0.492 e. The molecule has 4 nitrogen and oxygen atoms in total. The average molecular weight is 449 g/mol. The number of halogens is 1. The Balaban J connectivity index is 1.31. The summed E-state index contributed by atoms with van der Waals surface area (Å²) >= 11 is 6.07. The normalized spacial score (nSPS) is 15.8. The molecule has 1 atom stereocenters. The number of rotatable bonds is 8. The Morgan fingerprint density at radius 2 is 1.50 bits per heavy atom. The van der Waals surface area contributed by atoms with Gasteiger partial charge < -0.3 is 10.1 Å². The number of hydrogen-bond donors (Lipinski definition) is 1. The Kier molecular flexibility index (Phi) is 7.81. The van der Waals surface area contributed by atoms with Gasteiger partial charge in [-0.3, -0.25) is 9.69 Å². The lowest BCUT2D eigenvalue weighted by Crippen LogP contribution is -2.42. The van der Waals surface area contributed by atoms with Crippen LogP contribution in [0.15, 0.2) is 84.9 Å². The molecule has 1 aliphatic heterocycles. The van der Waals surface area contributed by atoms with E-state index in [-0.39, 0.29) is 17.9 Å². The summed E-state index contributed by atoms with van der Waals surface area (Å²) < 4.78 is 5.81. The van der Waals surface area contributed by atoms with Crippen LogP contribution in [0.3, 0.4) is 0 Å². The molecule has 166 valence electrons. The molecule has 1 saturated heterocycles. The van der Waals surface area contributed by atoms with Gasteiger partial charge in [-0.15, -0.1) is 0 Å². The van der Waals surface area contributed by atoms with Gasteiger partial charge in [0.2, 0.25) is 5.91 Å². The van der Waals surface area contributed by atoms with Gasteiger partial charge in [-0.25, -0.2) is 0 Å². The molecule has 1 fully saturated rings. The van der Waals surface area contributed by atoms with Gasteiger partial charge in [0.25, 0.3) is 0 Å². The van der Waals surface area contributed by atoms with Crippen molar-refractivity contribution in [3.05, 3.63) is 101 Å². The lowest BCUT2D eigenvalue weighted by atomic mass is 9.93. The van der Waals surface area contributed by atoms with E-state index in [9.17, 15) is 4.79 Å². The number of amides is 1. The van der Waals surface area contributed by atoms with E-state index in [4.69, 9.17) is 16.3 Å². The highest BCUT2D eigenvalue weighted by atomic mass is 35.5. The van der Waals surface area contributed by atoms with Crippen LogP contribution in [0.1, 0.15) is 30.0 Å². The lowest BCUT2D eigenvalue weighted by molar-refractivity contribution is -0.127. The number of nitrogens with one attached hydrogen (secondary N) is 1. The lowest BCUT2D eigenvalue weighted by Gasteiger charge is -2.32. The van der Waals surface area contributed by atoms with Crippen LogP contribution < -0.4 is 10.1 Å². The summed E-state index contributed by atoms with van der Waals surface area (Å²) in [5.41, 5.74) is 2.10. The van der Waals surface area contributed by atoms with E-state index in [1.54, 1.807) is 0 Å². The van der Waals surface area contributed by atoms with E-state index >= 15 is 0 Å². The quantitative estimate of drug-likeness (QED) is 0.506. The summed E-state index contributed by atoms with van der Waals surface area (Å²) in [6.07, 6.45) is 1.72. The number of para-hydroxylation sites is 1. The van der Waals surface area contributed by atoms with Crippen LogP contribution in [-0.2, 0) is 4.79 Å². The fraction of sp³-hybridized carbons (Fsp3) is 0.296. The summed E-state index contributed by atoms with van der Waals surface area (Å²) in [6, 6.07) is 27.5. The number of ether oxygens (including phenoxy) is 1. The Labute approximate surface area is 195 Å². The average Bonchev–Trinajstić information content (AvgIpc) is 2.85. The maximum Gasteiger partial charge on any atom is 0.223 e. The van der Waals surface area contributed by atoms with Crippen LogP contribution in [0.2, 0.25) is 5.02 Å². The second-order valence-corrected chi connectivity index (χ2v) is 8.62. The highest BCUT2D eigenvalue weighted by Gasteiger charge is 2.27. The van der Waals surface area contributed by atoms with Crippen molar-refractivity contribution in [2.24, 2.45) is 5.92 Å². The summed E-state index contributed by atoms with van der Waals surface area (Å²) in [7, 11) is 0. The molecule has 1 heterocycles. The van der Waals surface area contributed by atoms with Gasteiger partial charge in [0.1, 0.15) is 12.4 Å². The minimum Gasteiger partial charge on any atom is -0.492 e. The third kappa shape index (κ3) is 6.12. The Morgan fingerprint density at radius 3 is 2.16 bits per heavy atom. The predicted octanol–water partition coefficient (Wildman–Crippen LogP) is 5.34. The summed E-state index contributed by atoms with van der Waals surface area (Å²) in [5, 5.41) is 3.98. The van der Waals surface area contributed by atoms with E-state index < -0.39 is 0 Å². The molecule has 1 N–H and O–H groups in total. The first-order valence-corrected chi connectivity index (χ1v) is 11.6. The third-order valence-electron chi connectivity index (χ3n) is 6.00. The molecule has 3 aromatic rings. The number of piperidine rings is 1. The van der Waals surface area contributed by atoms with Crippen LogP contribution >= 0.6 is 11.6 Å². The van der Waals surface area contributed by atoms with E-state index in [1.165, 1.54) is 0 Å². The second kappa shape index (κ2) is 11.2. The summed E-state index contributed by atoms with van der Waals surface area (Å²) in [5.74, 6) is 1.05. The molecule has 1 amide bonds. The summed E-state index contributed by atoms with van der Waals surface area (Å²) in [6.45, 7) is 3.36. The number of benzene rings is 3. The van der Waals surface area contributed by atoms with Crippen LogP contribution in [0.4, 0.5) is 0 Å². The topological polar surface area (TPSA) is 41.6 Å². The fourth-order valence-electron chi connectivity index (χ4n) is 4.15. The molecule has 0 aromatic heterocycles. The van der Waals surface area contributed by atoms with E-state index in [0.717, 1.165) is 49.4 Å². The van der Waals surface area contributed by atoms with Crippen LogP contribution in [0.5, 0.6) is 5.75 Å². The molecule has 0 saturated carbocycles. The molecule has 0 bridgehead atoms. The van der Waals surface area contributed by atoms with Gasteiger partial charge in [0.15, 0.2) is 0 Å². The van der Waals surface area contributed by atoms with Gasteiger partial charge in [-0.1, -0.05) is 72.3 Å². The molecule has 0 spiro atoms. The zero-order chi connectivity index (χ0) is 22.2. The van der Waals surface area contributed by atoms with Crippen molar-refractivity contribution in [1.82, 2.24) is 10.2 Å². The predicted molar refractivity (Wildman–Crippen MR) is 129 cm³/mol. The zero-order valence-electron chi connectivity index (χ0n) is 18.1. The minimum atomic E-state index is -0.182. The van der Waals surface area contributed by atoms with Crippen molar-refractivity contribution in [3.63, 3.8) is 0 Å². The first-order valence-electron chi connectivity index (χ1n) is 11.2. The van der Waals surface area contributed by atoms with Gasteiger partial charge in [-0.2, -0.15) is 0 Å². The van der Waals surface area contributed by atoms with Crippen molar-refractivity contribution in [3.8, 4) is 5.75 Å². The van der Waals surface area contributed by atoms with Crippen LogP contribution in [-0.4, -0.2) is 37.0 Å². The van der Waals surface area contributed by atoms with Crippen molar-refractivity contribution in [1.29, 1.82) is 0 Å². The first-order chi connectivity index (χ1) is 15.7. The Morgan fingerprint density at radius 1 is 0.906 bits per heavy atom. The van der Waals surface area contributed by atoms with Gasteiger partial charge in [0, 0.05) is 17.5 Å². The van der Waals surface area contributed by atoms with Gasteiger partial charge in [-0.05, 0) is 61.3 Å². The number of carbonyl (C=O) groups excluding carboxylic acids is 1. The van der Waals surface area contributed by atoms with E-state index in [2.05, 4.69) is 22.3 Å². The van der Waals surface area contributed by atoms with Gasteiger partial charge in [0.05, 0.1) is 6.04 Å². The Bertz CT molecular complexity index is 972. The smallest absolute Gasteiger partial charge is 0.223 e. The van der Waals surface area contributed by atoms with E-state index in [0.29, 0.717) is 11.6 Å². The molecule has 3 aromatic carbocycles. The molecule has 1 aliphatic rings. The molecule has 0 aliphatic carbocycles. The van der Waals surface area contributed by atoms with E-state index in [1.807, 2.05) is 72.8 Å². The molecule has 5 heteroatoms. The number of hydrogen-bond acceptors (Lipinski definition) is 3.